The second kappa shape index (κ2) is 8.03. The number of pyridine rings is 2. The molecule has 1 saturated carbocycles. The molecule has 2 bridgehead atoms. The summed E-state index contributed by atoms with van der Waals surface area (Å²) >= 11 is 0. The fourth-order valence-corrected chi connectivity index (χ4v) is 4.98. The van der Waals surface area contributed by atoms with Crippen molar-refractivity contribution in [1.29, 1.82) is 0 Å². The average Bonchev–Trinajstić information content (AvgIpc) is 3.51. The van der Waals surface area contributed by atoms with Crippen LogP contribution in [-0.4, -0.2) is 53.9 Å². The molecule has 2 fully saturated rings. The van der Waals surface area contributed by atoms with Crippen molar-refractivity contribution in [2.45, 2.75) is 51.0 Å². The molecule has 0 radical (unpaired) electrons. The Morgan fingerprint density at radius 2 is 1.91 bits per heavy atom. The number of carbonyl (C=O) groups is 1. The molecular weight excluding hydrogens is 454 g/mol. The van der Waals surface area contributed by atoms with Crippen molar-refractivity contribution in [2.75, 3.05) is 5.32 Å². The Labute approximate surface area is 192 Å². The summed E-state index contributed by atoms with van der Waals surface area (Å²) in [7, 11) is 0. The highest BCUT2D eigenvalue weighted by Gasteiger charge is 2.52. The van der Waals surface area contributed by atoms with E-state index in [9.17, 15) is 22.4 Å². The largest absolute Gasteiger partial charge is 0.417 e. The number of carbonyl (C=O) groups excluding carboxylic acids is 1. The van der Waals surface area contributed by atoms with Crippen LogP contribution in [0.15, 0.2) is 36.8 Å². The van der Waals surface area contributed by atoms with E-state index in [0.717, 1.165) is 0 Å². The molecule has 5 rings (SSSR count). The van der Waals surface area contributed by atoms with Crippen LogP contribution >= 0.6 is 0 Å². The molecule has 1 N–H and O–H groups in total. The second-order valence-corrected chi connectivity index (χ2v) is 8.69. The van der Waals surface area contributed by atoms with E-state index in [1.807, 2.05) is 6.92 Å². The number of alkyl halides is 3. The van der Waals surface area contributed by atoms with Crippen molar-refractivity contribution < 1.29 is 22.4 Å². The minimum atomic E-state index is -4.68. The predicted octanol–water partition coefficient (Wildman–Crippen LogP) is 3.63. The van der Waals surface area contributed by atoms with Gasteiger partial charge in [-0.1, -0.05) is 0 Å². The fourth-order valence-electron chi connectivity index (χ4n) is 4.98. The first-order chi connectivity index (χ1) is 16.1. The summed E-state index contributed by atoms with van der Waals surface area (Å²) in [6.07, 6.45) is 0.254. The molecule has 4 atom stereocenters. The molecule has 178 valence electrons. The summed E-state index contributed by atoms with van der Waals surface area (Å²) in [5.74, 6) is -1.50. The molecule has 3 aromatic heterocycles. The SMILES string of the molecule is Cc1ccc(-n2nccn2)c(C(=O)N2[C@H](C)[C@@H]3C[C@@H](Nc4ncc(C(F)(F)F)cc4F)[C@@H]2C3)n1. The summed E-state index contributed by atoms with van der Waals surface area (Å²) < 4.78 is 52.9. The van der Waals surface area contributed by atoms with Crippen LogP contribution in [0.4, 0.5) is 23.4 Å². The summed E-state index contributed by atoms with van der Waals surface area (Å²) in [5, 5.41) is 11.2. The maximum Gasteiger partial charge on any atom is 0.417 e. The number of piperidine rings is 1. The number of anilines is 1. The van der Waals surface area contributed by atoms with Crippen LogP contribution < -0.4 is 5.32 Å². The van der Waals surface area contributed by atoms with E-state index in [1.54, 1.807) is 24.0 Å². The van der Waals surface area contributed by atoms with Crippen molar-refractivity contribution in [3.05, 3.63) is 59.6 Å². The molecule has 0 aromatic carbocycles. The molecule has 12 heteroatoms. The molecule has 3 aromatic rings. The smallest absolute Gasteiger partial charge is 0.363 e. The van der Waals surface area contributed by atoms with E-state index in [4.69, 9.17) is 0 Å². The number of nitrogens with zero attached hydrogens (tertiary/aromatic N) is 6. The van der Waals surface area contributed by atoms with E-state index in [-0.39, 0.29) is 41.5 Å². The zero-order valence-corrected chi connectivity index (χ0v) is 18.3. The van der Waals surface area contributed by atoms with Crippen molar-refractivity contribution >= 4 is 11.7 Å². The maximum atomic E-state index is 14.4. The van der Waals surface area contributed by atoms with Gasteiger partial charge in [0.2, 0.25) is 0 Å². The summed E-state index contributed by atoms with van der Waals surface area (Å²) in [4.78, 5) is 24.9. The number of fused-ring (bicyclic) bond motifs is 2. The first-order valence-corrected chi connectivity index (χ1v) is 10.8. The number of amides is 1. The van der Waals surface area contributed by atoms with Gasteiger partial charge in [-0.25, -0.2) is 14.4 Å². The van der Waals surface area contributed by atoms with Crippen molar-refractivity contribution in [3.63, 3.8) is 0 Å². The lowest BCUT2D eigenvalue weighted by molar-refractivity contribution is -0.138. The lowest BCUT2D eigenvalue weighted by atomic mass is 9.97. The Kier molecular flexibility index (Phi) is 5.25. The van der Waals surface area contributed by atoms with Crippen molar-refractivity contribution in [1.82, 2.24) is 29.9 Å². The third-order valence-corrected chi connectivity index (χ3v) is 6.62. The highest BCUT2D eigenvalue weighted by molar-refractivity contribution is 5.96. The van der Waals surface area contributed by atoms with Gasteiger partial charge in [-0.3, -0.25) is 4.79 Å². The zero-order chi connectivity index (χ0) is 24.2. The molecule has 1 amide bonds. The Morgan fingerprint density at radius 1 is 1.18 bits per heavy atom. The molecule has 1 aliphatic heterocycles. The van der Waals surface area contributed by atoms with Crippen LogP contribution in [0, 0.1) is 18.7 Å². The number of likely N-dealkylation sites (tertiary alicyclic amines) is 1. The molecular formula is C22H21F4N7O. The molecule has 1 saturated heterocycles. The van der Waals surface area contributed by atoms with E-state index < -0.39 is 17.6 Å². The molecule has 8 nitrogen and oxygen atoms in total. The maximum absolute atomic E-state index is 14.4. The van der Waals surface area contributed by atoms with E-state index in [0.29, 0.717) is 36.5 Å². The first kappa shape index (κ1) is 22.2. The van der Waals surface area contributed by atoms with Gasteiger partial charge in [-0.05, 0) is 50.8 Å². The molecule has 4 heterocycles. The van der Waals surface area contributed by atoms with Gasteiger partial charge in [-0.15, -0.1) is 4.80 Å². The highest BCUT2D eigenvalue weighted by Crippen LogP contribution is 2.44. The lowest BCUT2D eigenvalue weighted by Crippen LogP contribution is -2.52. The Hall–Kier alpha value is -3.57. The quantitative estimate of drug-likeness (QED) is 0.580. The van der Waals surface area contributed by atoms with E-state index >= 15 is 0 Å². The van der Waals surface area contributed by atoms with Crippen LogP contribution in [0.1, 0.15) is 41.5 Å². The summed E-state index contributed by atoms with van der Waals surface area (Å²) in [6.45, 7) is 3.73. The normalized spacial score (nSPS) is 24.0. The molecule has 1 aliphatic carbocycles. The number of aryl methyl sites for hydroxylation is 1. The number of rotatable bonds is 4. The number of hydrogen-bond donors (Lipinski definition) is 1. The summed E-state index contributed by atoms with van der Waals surface area (Å²) in [5.41, 5.74) is 0.143. The number of hydrogen-bond acceptors (Lipinski definition) is 6. The number of nitrogens with one attached hydrogen (secondary N) is 1. The lowest BCUT2D eigenvalue weighted by Gasteiger charge is -2.38. The van der Waals surface area contributed by atoms with Gasteiger partial charge < -0.3 is 10.2 Å². The molecule has 0 spiro atoms. The van der Waals surface area contributed by atoms with Crippen LogP contribution in [0.25, 0.3) is 5.69 Å². The van der Waals surface area contributed by atoms with Gasteiger partial charge in [0.25, 0.3) is 5.91 Å². The minimum Gasteiger partial charge on any atom is -0.363 e. The van der Waals surface area contributed by atoms with Crippen LogP contribution in [0.3, 0.4) is 0 Å². The van der Waals surface area contributed by atoms with Gasteiger partial charge in [-0.2, -0.15) is 23.4 Å². The molecule has 2 aliphatic rings. The minimum absolute atomic E-state index is 0.0818. The highest BCUT2D eigenvalue weighted by atomic mass is 19.4. The number of aromatic nitrogens is 5. The van der Waals surface area contributed by atoms with E-state index in [1.165, 1.54) is 17.2 Å². The van der Waals surface area contributed by atoms with Crippen LogP contribution in [0.5, 0.6) is 0 Å². The third-order valence-electron chi connectivity index (χ3n) is 6.62. The van der Waals surface area contributed by atoms with Crippen molar-refractivity contribution in [3.8, 4) is 5.69 Å². The molecule has 34 heavy (non-hydrogen) atoms. The van der Waals surface area contributed by atoms with Gasteiger partial charge in [0.05, 0.1) is 24.0 Å². The standard InChI is InChI=1S/C22H21F4N7O/c1-11-3-4-17(33-28-5-6-29-33)19(30-11)21(34)32-12(2)13-7-16(18(32)8-13)31-20-15(23)9-14(10-27-20)22(24,25)26/h3-6,9-10,12-13,16,18H,7-8H2,1-2H3,(H,27,31)/t12-,13-,16-,18+/m1/s1. The van der Waals surface area contributed by atoms with Gasteiger partial charge in [0.15, 0.2) is 17.3 Å². The van der Waals surface area contributed by atoms with Crippen LogP contribution in [-0.2, 0) is 6.18 Å². The van der Waals surface area contributed by atoms with Gasteiger partial charge >= 0.3 is 6.18 Å². The second-order valence-electron chi connectivity index (χ2n) is 8.69. The topological polar surface area (TPSA) is 88.8 Å². The summed E-state index contributed by atoms with van der Waals surface area (Å²) in [6, 6.07) is 3.18. The monoisotopic (exact) mass is 475 g/mol. The average molecular weight is 475 g/mol. The van der Waals surface area contributed by atoms with Crippen LogP contribution in [0.2, 0.25) is 0 Å². The van der Waals surface area contributed by atoms with Crippen molar-refractivity contribution in [2.24, 2.45) is 5.92 Å². The fraction of sp³-hybridized carbons (Fsp3) is 0.409. The predicted molar refractivity (Wildman–Crippen MR) is 113 cm³/mol. The Morgan fingerprint density at radius 3 is 2.56 bits per heavy atom. The van der Waals surface area contributed by atoms with Gasteiger partial charge in [0.1, 0.15) is 5.69 Å². The Bertz CT molecular complexity index is 1230. The van der Waals surface area contributed by atoms with E-state index in [2.05, 4.69) is 25.5 Å². The molecule has 0 unspecified atom stereocenters. The number of halogens is 4. The van der Waals surface area contributed by atoms with Gasteiger partial charge in [0, 0.05) is 24.0 Å². The Balaban J connectivity index is 1.42. The first-order valence-electron chi connectivity index (χ1n) is 10.8. The third kappa shape index (κ3) is 3.76. The zero-order valence-electron chi connectivity index (χ0n) is 18.3.